The highest BCUT2D eigenvalue weighted by Crippen LogP contribution is 2.20. The molecule has 0 spiro atoms. The minimum absolute atomic E-state index is 0.0275. The van der Waals surface area contributed by atoms with Crippen molar-refractivity contribution in [2.45, 2.75) is 117 Å². The number of nitrogens with zero attached hydrogens (tertiary/aromatic N) is 1. The van der Waals surface area contributed by atoms with Gasteiger partial charge in [0, 0.05) is 13.0 Å². The summed E-state index contributed by atoms with van der Waals surface area (Å²) in [5.74, 6) is -3.42. The van der Waals surface area contributed by atoms with Crippen molar-refractivity contribution in [2.75, 3.05) is 13.7 Å². The zero-order chi connectivity index (χ0) is 35.3. The summed E-state index contributed by atoms with van der Waals surface area (Å²) in [5.41, 5.74) is 0.0618. The molecule has 0 unspecified atom stereocenters. The third-order valence-electron chi connectivity index (χ3n) is 7.44. The van der Waals surface area contributed by atoms with Crippen LogP contribution in [0.2, 0.25) is 0 Å². The van der Waals surface area contributed by atoms with Crippen LogP contribution in [0.3, 0.4) is 0 Å². The van der Waals surface area contributed by atoms with Gasteiger partial charge in [0.1, 0.15) is 36.4 Å². The van der Waals surface area contributed by atoms with E-state index >= 15 is 0 Å². The zero-order valence-electron chi connectivity index (χ0n) is 28.9. The predicted molar refractivity (Wildman–Crippen MR) is 174 cm³/mol. The molecule has 2 rings (SSSR count). The minimum atomic E-state index is -1.23. The number of hydrogen-bond donors (Lipinski definition) is 3. The van der Waals surface area contributed by atoms with Crippen molar-refractivity contribution in [2.24, 2.45) is 11.8 Å². The molecule has 0 radical (unpaired) electrons. The number of hydrogen-bond acceptors (Lipinski definition) is 9. The van der Waals surface area contributed by atoms with Crippen molar-refractivity contribution in [3.05, 3.63) is 35.9 Å². The van der Waals surface area contributed by atoms with Crippen LogP contribution in [-0.2, 0) is 44.8 Å². The Bertz CT molecular complexity index is 1230. The summed E-state index contributed by atoms with van der Waals surface area (Å²) >= 11 is 0. The van der Waals surface area contributed by atoms with Crippen LogP contribution in [0, 0.1) is 11.8 Å². The largest absolute Gasteiger partial charge is 0.467 e. The quantitative estimate of drug-likeness (QED) is 0.189. The molecule has 4 amide bonds. The molecule has 1 aliphatic heterocycles. The fourth-order valence-corrected chi connectivity index (χ4v) is 5.11. The van der Waals surface area contributed by atoms with Crippen molar-refractivity contribution in [3.63, 3.8) is 0 Å². The van der Waals surface area contributed by atoms with Crippen LogP contribution in [0.1, 0.15) is 86.1 Å². The molecule has 1 aliphatic rings. The van der Waals surface area contributed by atoms with Gasteiger partial charge in [-0.25, -0.2) is 9.59 Å². The van der Waals surface area contributed by atoms with E-state index in [0.717, 1.165) is 5.56 Å². The number of carbonyl (C=O) groups is 6. The lowest BCUT2D eigenvalue weighted by Gasteiger charge is -2.28. The lowest BCUT2D eigenvalue weighted by Crippen LogP contribution is -2.58. The summed E-state index contributed by atoms with van der Waals surface area (Å²) in [7, 11) is 1.21. The Kier molecular flexibility index (Phi) is 15.2. The predicted octanol–water partition coefficient (Wildman–Crippen LogP) is 3.24. The Morgan fingerprint density at radius 1 is 0.915 bits per heavy atom. The maximum Gasteiger partial charge on any atom is 0.410 e. The van der Waals surface area contributed by atoms with Crippen LogP contribution in [0.15, 0.2) is 30.3 Å². The fraction of sp³-hybridized carbons (Fsp3) is 0.647. The first-order valence-electron chi connectivity index (χ1n) is 16.2. The Balaban J connectivity index is 2.19. The highest BCUT2D eigenvalue weighted by Gasteiger charge is 2.38. The highest BCUT2D eigenvalue weighted by molar-refractivity contribution is 5.95. The number of carbonyl (C=O) groups excluding carboxylic acids is 6. The molecule has 1 heterocycles. The fourth-order valence-electron chi connectivity index (χ4n) is 5.11. The molecular weight excluding hydrogens is 608 g/mol. The average Bonchev–Trinajstić information content (AvgIpc) is 3.49. The molecule has 4 atom stereocenters. The highest BCUT2D eigenvalue weighted by atomic mass is 16.6. The molecule has 1 aromatic carbocycles. The van der Waals surface area contributed by atoms with Gasteiger partial charge in [0.2, 0.25) is 17.7 Å². The van der Waals surface area contributed by atoms with Crippen LogP contribution in [0.4, 0.5) is 4.79 Å². The maximum absolute atomic E-state index is 13.7. The molecule has 47 heavy (non-hydrogen) atoms. The van der Waals surface area contributed by atoms with Gasteiger partial charge in [-0.05, 0) is 63.9 Å². The van der Waals surface area contributed by atoms with E-state index in [1.165, 1.54) is 12.0 Å². The molecule has 0 aliphatic carbocycles. The van der Waals surface area contributed by atoms with E-state index in [9.17, 15) is 28.8 Å². The van der Waals surface area contributed by atoms with Gasteiger partial charge in [-0.1, -0.05) is 58.0 Å². The molecule has 262 valence electrons. The maximum atomic E-state index is 13.7. The SMILES string of the molecule is COC(=O)[C@@H](NC(=O)[C@H](CCC(=O)OC(C)(C)C)NC(=O)[C@H](CC(C)C)NC(=O)[C@@H]1CCCN1C(=O)OCc1ccccc1)C(C)C. The van der Waals surface area contributed by atoms with Gasteiger partial charge in [0.15, 0.2) is 0 Å². The molecule has 1 aromatic rings. The summed E-state index contributed by atoms with van der Waals surface area (Å²) in [6.45, 7) is 12.8. The van der Waals surface area contributed by atoms with Gasteiger partial charge in [0.05, 0.1) is 7.11 Å². The van der Waals surface area contributed by atoms with Gasteiger partial charge >= 0.3 is 18.0 Å². The van der Waals surface area contributed by atoms with Gasteiger partial charge < -0.3 is 30.2 Å². The van der Waals surface area contributed by atoms with E-state index in [4.69, 9.17) is 14.2 Å². The summed E-state index contributed by atoms with van der Waals surface area (Å²) in [4.78, 5) is 79.7. The second-order valence-electron chi connectivity index (χ2n) is 13.5. The number of methoxy groups -OCH3 is 1. The smallest absolute Gasteiger partial charge is 0.410 e. The molecule has 1 saturated heterocycles. The first kappa shape index (κ1) is 39.0. The van der Waals surface area contributed by atoms with E-state index < -0.39 is 65.5 Å². The van der Waals surface area contributed by atoms with E-state index in [0.29, 0.717) is 19.4 Å². The van der Waals surface area contributed by atoms with E-state index in [2.05, 4.69) is 16.0 Å². The van der Waals surface area contributed by atoms with Crippen LogP contribution < -0.4 is 16.0 Å². The summed E-state index contributed by atoms with van der Waals surface area (Å²) < 4.78 is 15.6. The average molecular weight is 661 g/mol. The summed E-state index contributed by atoms with van der Waals surface area (Å²) in [6.07, 6.45) is 0.283. The van der Waals surface area contributed by atoms with Crippen molar-refractivity contribution < 1.29 is 43.0 Å². The number of ether oxygens (including phenoxy) is 3. The molecule has 13 nitrogen and oxygen atoms in total. The standard InChI is InChI=1S/C34H52N4O9/c1-21(2)19-25(36-31(42)26-15-12-18-38(26)33(44)46-20-23-13-10-9-11-14-23)30(41)35-24(16-17-27(39)47-34(5,6)7)29(40)37-28(22(3)4)32(43)45-8/h9-11,13-14,21-22,24-26,28H,12,15-20H2,1-8H3,(H,35,41)(H,36,42)(H,37,40)/t24-,25-,26-,28-/m0/s1. The lowest BCUT2D eigenvalue weighted by atomic mass is 10.0. The summed E-state index contributed by atoms with van der Waals surface area (Å²) in [5, 5.41) is 8.08. The topological polar surface area (TPSA) is 169 Å². The first-order chi connectivity index (χ1) is 22.0. The second kappa shape index (κ2) is 18.2. The molecule has 3 N–H and O–H groups in total. The van der Waals surface area contributed by atoms with Crippen LogP contribution in [0.25, 0.3) is 0 Å². The Morgan fingerprint density at radius 2 is 1.55 bits per heavy atom. The number of esters is 2. The Hall–Kier alpha value is -4.16. The molecule has 13 heteroatoms. The summed E-state index contributed by atoms with van der Waals surface area (Å²) in [6, 6.07) is 5.08. The van der Waals surface area contributed by atoms with E-state index in [1.807, 2.05) is 44.2 Å². The van der Waals surface area contributed by atoms with Gasteiger partial charge in [-0.3, -0.25) is 24.1 Å². The third kappa shape index (κ3) is 13.2. The first-order valence-corrected chi connectivity index (χ1v) is 16.2. The molecule has 0 bridgehead atoms. The number of amides is 4. The van der Waals surface area contributed by atoms with E-state index in [-0.39, 0.29) is 37.7 Å². The molecule has 0 aromatic heterocycles. The minimum Gasteiger partial charge on any atom is -0.467 e. The third-order valence-corrected chi connectivity index (χ3v) is 7.44. The van der Waals surface area contributed by atoms with Crippen molar-refractivity contribution in [3.8, 4) is 0 Å². The van der Waals surface area contributed by atoms with Crippen molar-refractivity contribution >= 4 is 35.8 Å². The van der Waals surface area contributed by atoms with Crippen LogP contribution in [0.5, 0.6) is 0 Å². The lowest BCUT2D eigenvalue weighted by molar-refractivity contribution is -0.155. The number of rotatable bonds is 15. The Labute approximate surface area is 277 Å². The molecular formula is C34H52N4O9. The Morgan fingerprint density at radius 3 is 2.13 bits per heavy atom. The van der Waals surface area contributed by atoms with Gasteiger partial charge in [-0.15, -0.1) is 0 Å². The van der Waals surface area contributed by atoms with Crippen LogP contribution in [-0.4, -0.2) is 84.1 Å². The van der Waals surface area contributed by atoms with Crippen molar-refractivity contribution in [1.82, 2.24) is 20.9 Å². The van der Waals surface area contributed by atoms with Gasteiger partial charge in [-0.2, -0.15) is 0 Å². The zero-order valence-corrected chi connectivity index (χ0v) is 28.9. The number of benzene rings is 1. The molecule has 1 fully saturated rings. The van der Waals surface area contributed by atoms with Crippen molar-refractivity contribution in [1.29, 1.82) is 0 Å². The number of nitrogens with one attached hydrogen (secondary N) is 3. The number of likely N-dealkylation sites (tertiary alicyclic amines) is 1. The van der Waals surface area contributed by atoms with E-state index in [1.54, 1.807) is 34.6 Å². The second-order valence-corrected chi connectivity index (χ2v) is 13.5. The molecule has 0 saturated carbocycles. The monoisotopic (exact) mass is 660 g/mol. The van der Waals surface area contributed by atoms with Gasteiger partial charge in [0.25, 0.3) is 0 Å². The normalized spacial score (nSPS) is 16.6. The van der Waals surface area contributed by atoms with Crippen LogP contribution >= 0.6 is 0 Å².